The maximum absolute atomic E-state index is 13.0. The number of nitrogens with one attached hydrogen (secondary N) is 1. The maximum Gasteiger partial charge on any atom is 0.242 e. The number of hydrogen-bond donors (Lipinski definition) is 1. The smallest absolute Gasteiger partial charge is 0.242 e. The number of carbonyl (C=O) groups is 2. The van der Waals surface area contributed by atoms with E-state index in [1.165, 1.54) is 11.8 Å². The predicted molar refractivity (Wildman–Crippen MR) is 125 cm³/mol. The Morgan fingerprint density at radius 1 is 1.10 bits per heavy atom. The molecule has 0 bridgehead atoms. The molecule has 1 aliphatic rings. The predicted octanol–water partition coefficient (Wildman–Crippen LogP) is 5.23. The first-order valence-electron chi connectivity index (χ1n) is 10.2. The first-order chi connectivity index (χ1) is 14.2. The third-order valence-electron chi connectivity index (χ3n) is 4.86. The number of nitrogens with zero attached hydrogens (tertiary/aromatic N) is 2. The van der Waals surface area contributed by atoms with Crippen LogP contribution in [0.15, 0.2) is 47.5 Å². The maximum atomic E-state index is 13.0. The van der Waals surface area contributed by atoms with E-state index < -0.39 is 5.25 Å². The van der Waals surface area contributed by atoms with E-state index in [0.717, 1.165) is 28.1 Å². The van der Waals surface area contributed by atoms with Crippen molar-refractivity contribution in [2.24, 2.45) is 10.9 Å². The standard InChI is InChI=1S/C24H29N3O2S/c1-15(2)14-27-23(29)21(30-24(27)25-19-10-7-16(3)8-11-19)13-22(28)26-20-12-17(4)6-9-18(20)5/h6-12,15,21H,13-14H2,1-5H3,(H,26,28)/t21-/m0/s1. The van der Waals surface area contributed by atoms with Gasteiger partial charge in [0.05, 0.1) is 5.69 Å². The molecular weight excluding hydrogens is 394 g/mol. The van der Waals surface area contributed by atoms with Crippen molar-refractivity contribution in [1.82, 2.24) is 4.90 Å². The average molecular weight is 424 g/mol. The highest BCUT2D eigenvalue weighted by Gasteiger charge is 2.39. The molecule has 1 N–H and O–H groups in total. The molecule has 1 fully saturated rings. The molecule has 3 rings (SSSR count). The van der Waals surface area contributed by atoms with E-state index in [4.69, 9.17) is 4.99 Å². The molecule has 2 amide bonds. The normalized spacial score (nSPS) is 17.8. The fourth-order valence-electron chi connectivity index (χ4n) is 3.23. The lowest BCUT2D eigenvalue weighted by Gasteiger charge is -2.18. The summed E-state index contributed by atoms with van der Waals surface area (Å²) in [6.07, 6.45) is 0.123. The molecule has 2 aromatic carbocycles. The van der Waals surface area contributed by atoms with E-state index in [2.05, 4.69) is 19.2 Å². The van der Waals surface area contributed by atoms with E-state index in [1.807, 2.05) is 63.2 Å². The zero-order chi connectivity index (χ0) is 21.8. The summed E-state index contributed by atoms with van der Waals surface area (Å²) in [5.74, 6) is 0.103. The topological polar surface area (TPSA) is 61.8 Å². The molecule has 30 heavy (non-hydrogen) atoms. The Labute approximate surface area is 183 Å². The van der Waals surface area contributed by atoms with Crippen molar-refractivity contribution >= 4 is 40.1 Å². The number of amides is 2. The Bertz CT molecular complexity index is 967. The number of anilines is 1. The van der Waals surface area contributed by atoms with E-state index in [0.29, 0.717) is 17.6 Å². The minimum absolute atomic E-state index is 0.0457. The minimum atomic E-state index is -0.460. The molecule has 0 saturated carbocycles. The van der Waals surface area contributed by atoms with Crippen LogP contribution in [-0.2, 0) is 9.59 Å². The van der Waals surface area contributed by atoms with E-state index in [-0.39, 0.29) is 18.2 Å². The Kier molecular flexibility index (Phi) is 6.98. The molecule has 158 valence electrons. The number of thioether (sulfide) groups is 1. The van der Waals surface area contributed by atoms with Crippen LogP contribution in [-0.4, -0.2) is 33.7 Å². The summed E-state index contributed by atoms with van der Waals surface area (Å²) in [7, 11) is 0. The molecule has 1 atom stereocenters. The van der Waals surface area contributed by atoms with Gasteiger partial charge in [0.1, 0.15) is 5.25 Å². The van der Waals surface area contributed by atoms with Gasteiger partial charge in [0.2, 0.25) is 11.8 Å². The zero-order valence-electron chi connectivity index (χ0n) is 18.2. The average Bonchev–Trinajstić information content (AvgIpc) is 2.95. The van der Waals surface area contributed by atoms with Gasteiger partial charge < -0.3 is 5.32 Å². The number of amidine groups is 1. The van der Waals surface area contributed by atoms with Crippen molar-refractivity contribution in [2.45, 2.75) is 46.3 Å². The molecule has 0 aromatic heterocycles. The highest BCUT2D eigenvalue weighted by atomic mass is 32.2. The summed E-state index contributed by atoms with van der Waals surface area (Å²) >= 11 is 1.38. The second-order valence-corrected chi connectivity index (χ2v) is 9.42. The van der Waals surface area contributed by atoms with E-state index >= 15 is 0 Å². The number of hydrogen-bond acceptors (Lipinski definition) is 4. The summed E-state index contributed by atoms with van der Waals surface area (Å²) < 4.78 is 0. The largest absolute Gasteiger partial charge is 0.326 e. The van der Waals surface area contributed by atoms with Gasteiger partial charge in [-0.25, -0.2) is 4.99 Å². The van der Waals surface area contributed by atoms with Gasteiger partial charge in [0.25, 0.3) is 0 Å². The lowest BCUT2D eigenvalue weighted by molar-refractivity contribution is -0.128. The number of aliphatic imine (C=N–C) groups is 1. The van der Waals surface area contributed by atoms with Gasteiger partial charge >= 0.3 is 0 Å². The molecular formula is C24H29N3O2S. The lowest BCUT2D eigenvalue weighted by atomic mass is 10.1. The van der Waals surface area contributed by atoms with Crippen molar-refractivity contribution in [3.63, 3.8) is 0 Å². The first-order valence-corrected chi connectivity index (χ1v) is 11.1. The minimum Gasteiger partial charge on any atom is -0.326 e. The Hall–Kier alpha value is -2.60. The molecule has 0 radical (unpaired) electrons. The fourth-order valence-corrected chi connectivity index (χ4v) is 4.40. The lowest BCUT2D eigenvalue weighted by Crippen LogP contribution is -2.36. The molecule has 0 unspecified atom stereocenters. The quantitative estimate of drug-likeness (QED) is 0.692. The van der Waals surface area contributed by atoms with Crippen LogP contribution >= 0.6 is 11.8 Å². The molecule has 6 heteroatoms. The van der Waals surface area contributed by atoms with Crippen molar-refractivity contribution in [2.75, 3.05) is 11.9 Å². The Morgan fingerprint density at radius 3 is 2.43 bits per heavy atom. The van der Waals surface area contributed by atoms with Gasteiger partial charge in [-0.1, -0.05) is 55.4 Å². The van der Waals surface area contributed by atoms with Crippen molar-refractivity contribution in [3.8, 4) is 0 Å². The second kappa shape index (κ2) is 9.47. The SMILES string of the molecule is Cc1ccc(N=C2S[C@@H](CC(=O)Nc3cc(C)ccc3C)C(=O)N2CC(C)C)cc1. The monoisotopic (exact) mass is 423 g/mol. The number of aryl methyl sites for hydroxylation is 3. The van der Waals surface area contributed by atoms with Crippen LogP contribution < -0.4 is 5.32 Å². The second-order valence-electron chi connectivity index (χ2n) is 8.25. The molecule has 0 aliphatic carbocycles. The summed E-state index contributed by atoms with van der Waals surface area (Å²) in [5, 5.41) is 3.17. The highest BCUT2D eigenvalue weighted by molar-refractivity contribution is 8.15. The van der Waals surface area contributed by atoms with Gasteiger partial charge in [-0.15, -0.1) is 0 Å². The summed E-state index contributed by atoms with van der Waals surface area (Å²) in [6, 6.07) is 13.8. The van der Waals surface area contributed by atoms with Gasteiger partial charge in [-0.3, -0.25) is 14.5 Å². The number of rotatable bonds is 6. The van der Waals surface area contributed by atoms with Crippen molar-refractivity contribution in [3.05, 3.63) is 59.2 Å². The third kappa shape index (κ3) is 5.51. The van der Waals surface area contributed by atoms with Crippen molar-refractivity contribution in [1.29, 1.82) is 0 Å². The Morgan fingerprint density at radius 2 is 1.77 bits per heavy atom. The van der Waals surface area contributed by atoms with Gasteiger partial charge in [-0.2, -0.15) is 0 Å². The van der Waals surface area contributed by atoms with Crippen LogP contribution in [0.2, 0.25) is 0 Å². The highest BCUT2D eigenvalue weighted by Crippen LogP contribution is 2.32. The first kappa shape index (κ1) is 22.1. The molecule has 1 saturated heterocycles. The molecule has 2 aromatic rings. The van der Waals surface area contributed by atoms with Crippen LogP contribution in [0.1, 0.15) is 37.0 Å². The van der Waals surface area contributed by atoms with Gasteiger partial charge in [0, 0.05) is 18.7 Å². The van der Waals surface area contributed by atoms with Gasteiger partial charge in [0.15, 0.2) is 5.17 Å². The number of benzene rings is 2. The summed E-state index contributed by atoms with van der Waals surface area (Å²) in [5.41, 5.74) is 4.85. The van der Waals surface area contributed by atoms with Crippen LogP contribution in [0, 0.1) is 26.7 Å². The van der Waals surface area contributed by atoms with Crippen LogP contribution in [0.5, 0.6) is 0 Å². The molecule has 1 heterocycles. The molecule has 1 aliphatic heterocycles. The fraction of sp³-hybridized carbons (Fsp3) is 0.375. The van der Waals surface area contributed by atoms with Crippen LogP contribution in [0.25, 0.3) is 0 Å². The van der Waals surface area contributed by atoms with Crippen LogP contribution in [0.3, 0.4) is 0 Å². The van der Waals surface area contributed by atoms with E-state index in [9.17, 15) is 9.59 Å². The third-order valence-corrected chi connectivity index (χ3v) is 6.04. The number of carbonyl (C=O) groups excluding carboxylic acids is 2. The molecule has 5 nitrogen and oxygen atoms in total. The van der Waals surface area contributed by atoms with Crippen LogP contribution in [0.4, 0.5) is 11.4 Å². The summed E-state index contributed by atoms with van der Waals surface area (Å²) in [4.78, 5) is 32.2. The Balaban J connectivity index is 1.76. The van der Waals surface area contributed by atoms with E-state index in [1.54, 1.807) is 4.90 Å². The zero-order valence-corrected chi connectivity index (χ0v) is 19.0. The molecule has 0 spiro atoms. The summed E-state index contributed by atoms with van der Waals surface area (Å²) in [6.45, 7) is 10.7. The van der Waals surface area contributed by atoms with Crippen molar-refractivity contribution < 1.29 is 9.59 Å². The van der Waals surface area contributed by atoms with Gasteiger partial charge in [-0.05, 0) is 56.0 Å².